The maximum absolute atomic E-state index is 14.2. The Kier molecular flexibility index (Phi) is 13.6. The van der Waals surface area contributed by atoms with Gasteiger partial charge in [0.1, 0.15) is 17.9 Å². The van der Waals surface area contributed by atoms with Crippen molar-refractivity contribution in [2.45, 2.75) is 71.2 Å². The second kappa shape index (κ2) is 18.4. The number of aliphatic hydroxyl groups excluding tert-OH is 2. The Bertz CT molecular complexity index is 1860. The molecule has 3 aliphatic heterocycles. The molecule has 16 heteroatoms. The van der Waals surface area contributed by atoms with Crippen LogP contribution >= 0.6 is 11.3 Å². The van der Waals surface area contributed by atoms with Crippen LogP contribution in [0.25, 0.3) is 10.4 Å². The van der Waals surface area contributed by atoms with Crippen LogP contribution in [0.2, 0.25) is 0 Å². The number of hydrogen-bond donors (Lipinski definition) is 5. The first-order chi connectivity index (χ1) is 27.2. The largest absolute Gasteiger partial charge is 0.394 e. The molecule has 4 amide bonds. The van der Waals surface area contributed by atoms with Gasteiger partial charge >= 0.3 is 0 Å². The average Bonchev–Trinajstić information content (AvgIpc) is 3.95. The van der Waals surface area contributed by atoms with Crippen molar-refractivity contribution in [3.8, 4) is 10.4 Å². The number of carbonyl (C=O) groups excluding carboxylic acids is 4. The zero-order valence-corrected chi connectivity index (χ0v) is 34.2. The van der Waals surface area contributed by atoms with Crippen LogP contribution in [-0.2, 0) is 14.4 Å². The first-order valence-corrected chi connectivity index (χ1v) is 20.7. The fourth-order valence-electron chi connectivity index (χ4n) is 8.01. The molecule has 0 bridgehead atoms. The van der Waals surface area contributed by atoms with E-state index in [1.165, 1.54) is 11.1 Å². The molecule has 5 atom stereocenters. The van der Waals surface area contributed by atoms with Gasteiger partial charge in [0.05, 0.1) is 46.9 Å². The highest BCUT2D eigenvalue weighted by molar-refractivity contribution is 7.13. The molecule has 308 valence electrons. The molecule has 1 unspecified atom stereocenters. The molecule has 6 N–H and O–H groups in total. The number of β-amino-alcohol motifs (C(OH)–C–C–N with tert-alkyl or cyclic N) is 1. The lowest BCUT2D eigenvalue weighted by molar-refractivity contribution is -0.144. The van der Waals surface area contributed by atoms with Crippen LogP contribution in [0.3, 0.4) is 0 Å². The van der Waals surface area contributed by atoms with E-state index < -0.39 is 47.4 Å². The molecule has 3 aromatic rings. The third kappa shape index (κ3) is 10.5. The number of primary amides is 1. The van der Waals surface area contributed by atoms with Gasteiger partial charge in [-0.1, -0.05) is 45.0 Å². The number of nitrogens with one attached hydrogen (secondary N) is 2. The molecule has 6 rings (SSSR count). The molecule has 5 heterocycles. The maximum atomic E-state index is 14.2. The topological polar surface area (TPSA) is 198 Å². The summed E-state index contributed by atoms with van der Waals surface area (Å²) in [5.41, 5.74) is 9.50. The fourth-order valence-corrected chi connectivity index (χ4v) is 8.82. The van der Waals surface area contributed by atoms with Crippen molar-refractivity contribution in [2.75, 3.05) is 70.4 Å². The van der Waals surface area contributed by atoms with Gasteiger partial charge in [-0.05, 0) is 60.9 Å². The SMILES string of the molecule is Cc1ncsc1-c1ccc([C@H](CO)NC(=O)[C@@H]2C[C@@H](O)CN2C(=O)[C@@H](NC(=O)CN2CCN(CCC3CCN(c4ccc(C(N)=O)cn4)C3)CC2)C(C)(C)C)cc1. The highest BCUT2D eigenvalue weighted by atomic mass is 32.1. The molecule has 15 nitrogen and oxygen atoms in total. The van der Waals surface area contributed by atoms with E-state index in [1.54, 1.807) is 22.9 Å². The molecule has 0 aliphatic carbocycles. The van der Waals surface area contributed by atoms with Crippen molar-refractivity contribution >= 4 is 40.8 Å². The van der Waals surface area contributed by atoms with E-state index in [1.807, 2.05) is 58.0 Å². The number of aromatic nitrogens is 2. The summed E-state index contributed by atoms with van der Waals surface area (Å²) in [4.78, 5) is 70.7. The molecule has 0 spiro atoms. The van der Waals surface area contributed by atoms with Gasteiger partial charge in [-0.3, -0.25) is 24.1 Å². The van der Waals surface area contributed by atoms with Crippen molar-refractivity contribution in [1.29, 1.82) is 0 Å². The third-order valence-electron chi connectivity index (χ3n) is 11.4. The first kappa shape index (κ1) is 42.1. The molecule has 0 saturated carbocycles. The number of anilines is 1. The summed E-state index contributed by atoms with van der Waals surface area (Å²) in [6, 6.07) is 8.53. The number of nitrogens with two attached hydrogens (primary N) is 1. The number of carbonyl (C=O) groups is 4. The maximum Gasteiger partial charge on any atom is 0.250 e. The lowest BCUT2D eigenvalue weighted by Gasteiger charge is -2.37. The number of aliphatic hydroxyl groups is 2. The fraction of sp³-hybridized carbons (Fsp3) is 0.561. The molecule has 2 aromatic heterocycles. The minimum absolute atomic E-state index is 0.0339. The number of nitrogens with zero attached hydrogens (tertiary/aromatic N) is 6. The van der Waals surface area contributed by atoms with Crippen molar-refractivity contribution in [1.82, 2.24) is 35.3 Å². The molecule has 3 fully saturated rings. The first-order valence-electron chi connectivity index (χ1n) is 19.8. The Labute approximate surface area is 338 Å². The molecule has 57 heavy (non-hydrogen) atoms. The van der Waals surface area contributed by atoms with Gasteiger partial charge in [0, 0.05) is 58.4 Å². The van der Waals surface area contributed by atoms with Crippen molar-refractivity contribution in [3.05, 3.63) is 64.9 Å². The number of aryl methyl sites for hydroxylation is 1. The van der Waals surface area contributed by atoms with E-state index in [-0.39, 0.29) is 32.0 Å². The normalized spacial score (nSPS) is 21.7. The second-order valence-electron chi connectivity index (χ2n) is 16.7. The summed E-state index contributed by atoms with van der Waals surface area (Å²) in [5.74, 6) is -0.236. The number of rotatable bonds is 14. The minimum Gasteiger partial charge on any atom is -0.394 e. The summed E-state index contributed by atoms with van der Waals surface area (Å²) in [6.07, 6.45) is 2.83. The molecular formula is C41H57N9O6S. The minimum atomic E-state index is -0.964. The second-order valence-corrected chi connectivity index (χ2v) is 17.5. The van der Waals surface area contributed by atoms with E-state index in [0.29, 0.717) is 17.0 Å². The Balaban J connectivity index is 0.975. The lowest BCUT2D eigenvalue weighted by Crippen LogP contribution is -2.59. The van der Waals surface area contributed by atoms with E-state index in [9.17, 15) is 29.4 Å². The highest BCUT2D eigenvalue weighted by Gasteiger charge is 2.45. The average molecular weight is 804 g/mol. The lowest BCUT2D eigenvalue weighted by atomic mass is 9.85. The van der Waals surface area contributed by atoms with Gasteiger partial charge in [0.15, 0.2) is 0 Å². The Morgan fingerprint density at radius 3 is 2.30 bits per heavy atom. The summed E-state index contributed by atoms with van der Waals surface area (Å²) in [6.45, 7) is 13.3. The van der Waals surface area contributed by atoms with Crippen molar-refractivity contribution in [2.24, 2.45) is 17.1 Å². The number of piperazine rings is 1. The van der Waals surface area contributed by atoms with Crippen molar-refractivity contribution < 1.29 is 29.4 Å². The van der Waals surface area contributed by atoms with Gasteiger partial charge in [-0.25, -0.2) is 9.97 Å². The number of amides is 4. The van der Waals surface area contributed by atoms with Gasteiger partial charge < -0.3 is 41.3 Å². The summed E-state index contributed by atoms with van der Waals surface area (Å²) < 4.78 is 0. The standard InChI is InChI=1S/C41H57N9O6S/c1-26-36(57-25-44-26)29-7-5-28(6-8-29)32(24-51)45-39(55)33-19-31(52)22-50(33)40(56)37(41(2,3)4)46-35(53)23-48-17-15-47(16-18-48)13-11-27-12-14-49(21-27)34-10-9-30(20-43-34)38(42)54/h5-10,20,25,27,31-33,37,51-52H,11-19,21-24H2,1-4H3,(H2,42,54)(H,45,55)(H,46,53)/t27?,31-,32+,33+,37-/m1/s1. The summed E-state index contributed by atoms with van der Waals surface area (Å²) in [7, 11) is 0. The molecule has 1 aromatic carbocycles. The molecule has 0 radical (unpaired) electrons. The van der Waals surface area contributed by atoms with Crippen LogP contribution in [0, 0.1) is 18.3 Å². The van der Waals surface area contributed by atoms with Gasteiger partial charge in [0.25, 0.3) is 0 Å². The number of benzene rings is 1. The van der Waals surface area contributed by atoms with Crippen LogP contribution in [0.1, 0.15) is 67.7 Å². The summed E-state index contributed by atoms with van der Waals surface area (Å²) in [5, 5.41) is 26.8. The number of thiazole rings is 1. The molecule has 3 aliphatic rings. The predicted octanol–water partition coefficient (Wildman–Crippen LogP) is 1.79. The van der Waals surface area contributed by atoms with E-state index in [4.69, 9.17) is 5.73 Å². The van der Waals surface area contributed by atoms with E-state index >= 15 is 0 Å². The zero-order chi connectivity index (χ0) is 40.9. The van der Waals surface area contributed by atoms with Gasteiger partial charge in [0.2, 0.25) is 23.6 Å². The number of likely N-dealkylation sites (tertiary alicyclic amines) is 1. The van der Waals surface area contributed by atoms with Crippen LogP contribution in [-0.4, -0.2) is 142 Å². The third-order valence-corrected chi connectivity index (χ3v) is 12.4. The molecular weight excluding hydrogens is 747 g/mol. The van der Waals surface area contributed by atoms with E-state index in [2.05, 4.69) is 35.3 Å². The Morgan fingerprint density at radius 2 is 1.68 bits per heavy atom. The van der Waals surface area contributed by atoms with Gasteiger partial charge in [-0.2, -0.15) is 0 Å². The van der Waals surface area contributed by atoms with E-state index in [0.717, 1.165) is 80.6 Å². The Morgan fingerprint density at radius 1 is 0.965 bits per heavy atom. The smallest absolute Gasteiger partial charge is 0.250 e. The number of hydrogen-bond acceptors (Lipinski definition) is 12. The quantitative estimate of drug-likeness (QED) is 0.159. The monoisotopic (exact) mass is 803 g/mol. The van der Waals surface area contributed by atoms with Crippen LogP contribution < -0.4 is 21.3 Å². The Hall–Kier alpha value is -4.48. The van der Waals surface area contributed by atoms with Crippen LogP contribution in [0.4, 0.5) is 5.82 Å². The van der Waals surface area contributed by atoms with Crippen LogP contribution in [0.15, 0.2) is 48.1 Å². The summed E-state index contributed by atoms with van der Waals surface area (Å²) >= 11 is 1.54. The zero-order valence-electron chi connectivity index (χ0n) is 33.4. The number of pyridine rings is 1. The highest BCUT2D eigenvalue weighted by Crippen LogP contribution is 2.30. The van der Waals surface area contributed by atoms with Crippen molar-refractivity contribution in [3.63, 3.8) is 0 Å². The van der Waals surface area contributed by atoms with Gasteiger partial charge in [-0.15, -0.1) is 11.3 Å². The predicted molar refractivity (Wildman–Crippen MR) is 218 cm³/mol. The molecule has 3 saturated heterocycles. The van der Waals surface area contributed by atoms with Crippen LogP contribution in [0.5, 0.6) is 0 Å².